The summed E-state index contributed by atoms with van der Waals surface area (Å²) in [6, 6.07) is 5.67. The molecule has 110 valence electrons. The molecule has 1 heterocycles. The highest BCUT2D eigenvalue weighted by Crippen LogP contribution is 2.30. The van der Waals surface area contributed by atoms with E-state index in [1.165, 1.54) is 0 Å². The highest BCUT2D eigenvalue weighted by atomic mass is 79.9. The van der Waals surface area contributed by atoms with Gasteiger partial charge in [0, 0.05) is 34.2 Å². The van der Waals surface area contributed by atoms with Crippen LogP contribution < -0.4 is 11.1 Å². The molecule has 1 aliphatic rings. The maximum absolute atomic E-state index is 12.4. The Kier molecular flexibility index (Phi) is 3.96. The van der Waals surface area contributed by atoms with Crippen molar-refractivity contribution in [1.82, 2.24) is 14.9 Å². The molecule has 3 rings (SSSR count). The lowest BCUT2D eigenvalue weighted by atomic mass is 10.1. The van der Waals surface area contributed by atoms with Crippen LogP contribution in [0.5, 0.6) is 0 Å². The van der Waals surface area contributed by atoms with Gasteiger partial charge in [0.15, 0.2) is 0 Å². The number of rotatable bonds is 3. The van der Waals surface area contributed by atoms with Gasteiger partial charge >= 0.3 is 0 Å². The normalized spacial score (nSPS) is 21.4. The Hall–Kier alpha value is -1.82. The summed E-state index contributed by atoms with van der Waals surface area (Å²) in [5, 5.41) is 3.12. The van der Waals surface area contributed by atoms with E-state index in [-0.39, 0.29) is 18.0 Å². The Morgan fingerprint density at radius 1 is 1.38 bits per heavy atom. The number of nitrogens with two attached hydrogens (primary N) is 1. The molecule has 3 N–H and O–H groups in total. The SMILES string of the molecule is Nc1cc(Br)cc(C(=O)NC2CCCC2n2ccnc2)c1. The molecule has 0 radical (unpaired) electrons. The molecule has 6 heteroatoms. The van der Waals surface area contributed by atoms with Crippen LogP contribution in [0, 0.1) is 0 Å². The van der Waals surface area contributed by atoms with Crippen LogP contribution in [0.4, 0.5) is 5.69 Å². The number of benzene rings is 1. The summed E-state index contributed by atoms with van der Waals surface area (Å²) in [6.45, 7) is 0. The van der Waals surface area contributed by atoms with Gasteiger partial charge in [-0.25, -0.2) is 4.98 Å². The molecule has 5 nitrogen and oxygen atoms in total. The van der Waals surface area contributed by atoms with Crippen molar-refractivity contribution in [3.05, 3.63) is 47.0 Å². The quantitative estimate of drug-likeness (QED) is 0.837. The molecule has 2 aromatic rings. The van der Waals surface area contributed by atoms with E-state index >= 15 is 0 Å². The van der Waals surface area contributed by atoms with E-state index in [0.29, 0.717) is 11.3 Å². The number of nitrogens with zero attached hydrogens (tertiary/aromatic N) is 2. The second kappa shape index (κ2) is 5.89. The third-order valence-electron chi connectivity index (χ3n) is 3.89. The lowest BCUT2D eigenvalue weighted by Crippen LogP contribution is -2.38. The first kappa shape index (κ1) is 14.1. The highest BCUT2D eigenvalue weighted by Gasteiger charge is 2.29. The lowest BCUT2D eigenvalue weighted by molar-refractivity contribution is 0.0929. The molecule has 0 saturated heterocycles. The molecule has 1 saturated carbocycles. The first-order valence-corrected chi connectivity index (χ1v) is 7.77. The van der Waals surface area contributed by atoms with E-state index in [9.17, 15) is 4.79 Å². The van der Waals surface area contributed by atoms with Gasteiger partial charge in [-0.2, -0.15) is 0 Å². The summed E-state index contributed by atoms with van der Waals surface area (Å²) >= 11 is 3.36. The standard InChI is InChI=1S/C15H17BrN4O/c16-11-6-10(7-12(17)8-11)15(21)19-13-2-1-3-14(13)20-5-4-18-9-20/h4-9,13-14H,1-3,17H2,(H,19,21). The molecule has 1 aromatic heterocycles. The molecule has 1 aliphatic carbocycles. The molecule has 2 unspecified atom stereocenters. The number of nitrogens with one attached hydrogen (secondary N) is 1. The van der Waals surface area contributed by atoms with Crippen LogP contribution in [0.2, 0.25) is 0 Å². The van der Waals surface area contributed by atoms with Crippen molar-refractivity contribution in [3.63, 3.8) is 0 Å². The maximum Gasteiger partial charge on any atom is 0.251 e. The van der Waals surface area contributed by atoms with E-state index in [2.05, 4.69) is 30.8 Å². The van der Waals surface area contributed by atoms with Crippen LogP contribution >= 0.6 is 15.9 Å². The number of hydrogen-bond donors (Lipinski definition) is 2. The third-order valence-corrected chi connectivity index (χ3v) is 4.34. The van der Waals surface area contributed by atoms with Crippen LogP contribution in [0.15, 0.2) is 41.4 Å². The van der Waals surface area contributed by atoms with Gasteiger partial charge in [0.05, 0.1) is 12.4 Å². The summed E-state index contributed by atoms with van der Waals surface area (Å²) in [6.07, 6.45) is 8.68. The number of hydrogen-bond acceptors (Lipinski definition) is 3. The third kappa shape index (κ3) is 3.10. The molecule has 1 fully saturated rings. The number of nitrogen functional groups attached to an aromatic ring is 1. The summed E-state index contributed by atoms with van der Waals surface area (Å²) in [5.74, 6) is -0.0833. The zero-order valence-corrected chi connectivity index (χ0v) is 13.1. The lowest BCUT2D eigenvalue weighted by Gasteiger charge is -2.22. The van der Waals surface area contributed by atoms with Gasteiger partial charge < -0.3 is 15.6 Å². The fourth-order valence-corrected chi connectivity index (χ4v) is 3.44. The summed E-state index contributed by atoms with van der Waals surface area (Å²) in [5.41, 5.74) is 6.95. The van der Waals surface area contributed by atoms with Crippen LogP contribution in [0.1, 0.15) is 35.7 Å². The number of halogens is 1. The van der Waals surface area contributed by atoms with Gasteiger partial charge in [-0.1, -0.05) is 15.9 Å². The van der Waals surface area contributed by atoms with Gasteiger partial charge in [-0.05, 0) is 37.5 Å². The Morgan fingerprint density at radius 3 is 2.95 bits per heavy atom. The second-order valence-electron chi connectivity index (χ2n) is 5.36. The topological polar surface area (TPSA) is 72.9 Å². The number of anilines is 1. The van der Waals surface area contributed by atoms with E-state index in [0.717, 1.165) is 23.7 Å². The summed E-state index contributed by atoms with van der Waals surface area (Å²) in [4.78, 5) is 16.5. The van der Waals surface area contributed by atoms with Crippen LogP contribution in [0.3, 0.4) is 0 Å². The molecule has 0 spiro atoms. The Bertz CT molecular complexity index is 621. The minimum absolute atomic E-state index is 0.0833. The molecule has 0 bridgehead atoms. The fraction of sp³-hybridized carbons (Fsp3) is 0.333. The van der Waals surface area contributed by atoms with Crippen molar-refractivity contribution < 1.29 is 4.79 Å². The number of carbonyl (C=O) groups is 1. The smallest absolute Gasteiger partial charge is 0.251 e. The highest BCUT2D eigenvalue weighted by molar-refractivity contribution is 9.10. The van der Waals surface area contributed by atoms with Crippen molar-refractivity contribution >= 4 is 27.5 Å². The van der Waals surface area contributed by atoms with Crippen LogP contribution in [0.25, 0.3) is 0 Å². The van der Waals surface area contributed by atoms with Gasteiger partial charge in [0.1, 0.15) is 0 Å². The van der Waals surface area contributed by atoms with Gasteiger partial charge in [0.25, 0.3) is 5.91 Å². The largest absolute Gasteiger partial charge is 0.399 e. The van der Waals surface area contributed by atoms with Crippen molar-refractivity contribution in [1.29, 1.82) is 0 Å². The predicted molar refractivity (Wildman–Crippen MR) is 84.9 cm³/mol. The number of aromatic nitrogens is 2. The number of amides is 1. The average Bonchev–Trinajstić information content (AvgIpc) is 3.07. The zero-order valence-electron chi connectivity index (χ0n) is 11.5. The van der Waals surface area contributed by atoms with Crippen molar-refractivity contribution in [3.8, 4) is 0 Å². The first-order chi connectivity index (χ1) is 10.1. The Morgan fingerprint density at radius 2 is 2.24 bits per heavy atom. The van der Waals surface area contributed by atoms with Crippen LogP contribution in [-0.2, 0) is 0 Å². The molecule has 2 atom stereocenters. The first-order valence-electron chi connectivity index (χ1n) is 6.98. The summed E-state index contributed by atoms with van der Waals surface area (Å²) < 4.78 is 2.89. The Labute approximate surface area is 131 Å². The van der Waals surface area contributed by atoms with Crippen LogP contribution in [-0.4, -0.2) is 21.5 Å². The minimum Gasteiger partial charge on any atom is -0.399 e. The minimum atomic E-state index is -0.0833. The molecular weight excluding hydrogens is 332 g/mol. The molecule has 0 aliphatic heterocycles. The number of carbonyl (C=O) groups excluding carboxylic acids is 1. The molecule has 1 aromatic carbocycles. The average molecular weight is 349 g/mol. The second-order valence-corrected chi connectivity index (χ2v) is 6.28. The van der Waals surface area contributed by atoms with Gasteiger partial charge in [-0.3, -0.25) is 4.79 Å². The molecular formula is C15H17BrN4O. The zero-order chi connectivity index (χ0) is 14.8. The fourth-order valence-electron chi connectivity index (χ4n) is 2.93. The summed E-state index contributed by atoms with van der Waals surface area (Å²) in [7, 11) is 0. The van der Waals surface area contributed by atoms with Crippen molar-refractivity contribution in [2.45, 2.75) is 31.3 Å². The number of imidazole rings is 1. The van der Waals surface area contributed by atoms with Gasteiger partial charge in [-0.15, -0.1) is 0 Å². The molecule has 21 heavy (non-hydrogen) atoms. The van der Waals surface area contributed by atoms with E-state index in [1.54, 1.807) is 24.4 Å². The van der Waals surface area contributed by atoms with E-state index < -0.39 is 0 Å². The van der Waals surface area contributed by atoms with E-state index in [4.69, 9.17) is 5.73 Å². The van der Waals surface area contributed by atoms with Crippen molar-refractivity contribution in [2.75, 3.05) is 5.73 Å². The molecule has 1 amide bonds. The van der Waals surface area contributed by atoms with Crippen molar-refractivity contribution in [2.24, 2.45) is 0 Å². The maximum atomic E-state index is 12.4. The Balaban J connectivity index is 1.74. The van der Waals surface area contributed by atoms with Gasteiger partial charge in [0.2, 0.25) is 0 Å². The monoisotopic (exact) mass is 348 g/mol. The van der Waals surface area contributed by atoms with E-state index in [1.807, 2.05) is 12.5 Å². The predicted octanol–water partition coefficient (Wildman–Crippen LogP) is 2.75.